The van der Waals surface area contributed by atoms with E-state index in [1.54, 1.807) is 24.4 Å². The Labute approximate surface area is 110 Å². The minimum atomic E-state index is -0.343. The molecule has 0 bridgehead atoms. The summed E-state index contributed by atoms with van der Waals surface area (Å²) in [5.41, 5.74) is 0.881. The van der Waals surface area contributed by atoms with Gasteiger partial charge in [0.15, 0.2) is 12.4 Å². The van der Waals surface area contributed by atoms with Crippen LogP contribution < -0.4 is 14.9 Å². The molecular weight excluding hydrogens is 244 g/mol. The Morgan fingerprint density at radius 3 is 2.74 bits per heavy atom. The Bertz CT molecular complexity index is 581. The van der Waals surface area contributed by atoms with Gasteiger partial charge in [0.2, 0.25) is 0 Å². The first-order valence-corrected chi connectivity index (χ1v) is 5.70. The van der Waals surface area contributed by atoms with Crippen molar-refractivity contribution < 1.29 is 9.52 Å². The average Bonchev–Trinajstić information content (AvgIpc) is 2.39. The molecule has 19 heavy (non-hydrogen) atoms. The number of nitrogens with zero attached hydrogens (tertiary/aromatic N) is 3. The molecule has 0 fully saturated rings. The van der Waals surface area contributed by atoms with Gasteiger partial charge in [0.05, 0.1) is 11.9 Å². The maximum Gasteiger partial charge on any atom is 0.261 e. The zero-order chi connectivity index (χ0) is 13.8. The minimum Gasteiger partial charge on any atom is -0.619 e. The zero-order valence-electron chi connectivity index (χ0n) is 10.7. The molecule has 0 aliphatic heterocycles. The molecule has 2 aromatic rings. The van der Waals surface area contributed by atoms with Gasteiger partial charge < -0.3 is 15.4 Å². The fraction of sp³-hybridized carbons (Fsp3) is 0.154. The second-order valence-corrected chi connectivity index (χ2v) is 4.21. The molecule has 6 heteroatoms. The molecule has 1 amide bonds. The molecule has 2 rings (SSSR count). The second-order valence-electron chi connectivity index (χ2n) is 4.21. The van der Waals surface area contributed by atoms with Gasteiger partial charge >= 0.3 is 0 Å². The molecule has 98 valence electrons. The van der Waals surface area contributed by atoms with Gasteiger partial charge in [0, 0.05) is 20.2 Å². The largest absolute Gasteiger partial charge is 0.619 e. The van der Waals surface area contributed by atoms with Crippen molar-refractivity contribution in [3.05, 3.63) is 53.6 Å². The molecule has 0 saturated carbocycles. The molecule has 0 unspecified atom stereocenters. The molecule has 2 heterocycles. The highest BCUT2D eigenvalue weighted by atomic mass is 16.5. The summed E-state index contributed by atoms with van der Waals surface area (Å²) in [6, 6.07) is 6.66. The Hall–Kier alpha value is -2.63. The number of aromatic nitrogens is 2. The number of carbonyl (C=O) groups is 1. The van der Waals surface area contributed by atoms with Gasteiger partial charge in [-0.1, -0.05) is 0 Å². The monoisotopic (exact) mass is 258 g/mol. The van der Waals surface area contributed by atoms with Crippen LogP contribution in [0.5, 0.6) is 0 Å². The fourth-order valence-electron chi connectivity index (χ4n) is 1.52. The van der Waals surface area contributed by atoms with Crippen molar-refractivity contribution in [2.24, 2.45) is 0 Å². The number of carbonyl (C=O) groups excluding carboxylic acids is 1. The van der Waals surface area contributed by atoms with Gasteiger partial charge in [-0.2, -0.15) is 4.73 Å². The molecule has 0 aliphatic carbocycles. The van der Waals surface area contributed by atoms with Crippen molar-refractivity contribution in [3.8, 4) is 0 Å². The minimum absolute atomic E-state index is 0.300. The van der Waals surface area contributed by atoms with Crippen LogP contribution in [0.15, 0.2) is 42.9 Å². The van der Waals surface area contributed by atoms with Crippen LogP contribution in [0.4, 0.5) is 11.5 Å². The normalized spacial score (nSPS) is 10.0. The first kappa shape index (κ1) is 12.8. The maximum absolute atomic E-state index is 11.9. The number of hydrogen-bond acceptors (Lipinski definition) is 4. The first-order chi connectivity index (χ1) is 9.06. The third-order valence-corrected chi connectivity index (χ3v) is 2.50. The van der Waals surface area contributed by atoms with Crippen molar-refractivity contribution >= 4 is 17.4 Å². The van der Waals surface area contributed by atoms with E-state index in [1.165, 1.54) is 18.5 Å². The van der Waals surface area contributed by atoms with Gasteiger partial charge in [0.25, 0.3) is 5.91 Å². The third-order valence-electron chi connectivity index (χ3n) is 2.50. The average molecular weight is 258 g/mol. The van der Waals surface area contributed by atoms with Crippen LogP contribution in [-0.2, 0) is 0 Å². The van der Waals surface area contributed by atoms with Crippen molar-refractivity contribution in [1.82, 2.24) is 4.98 Å². The third kappa shape index (κ3) is 3.19. The van der Waals surface area contributed by atoms with Crippen LogP contribution >= 0.6 is 0 Å². The molecule has 6 nitrogen and oxygen atoms in total. The van der Waals surface area contributed by atoms with Crippen LogP contribution in [0.1, 0.15) is 10.4 Å². The van der Waals surface area contributed by atoms with E-state index in [4.69, 9.17) is 0 Å². The van der Waals surface area contributed by atoms with Gasteiger partial charge in [-0.05, 0) is 18.2 Å². The topological polar surface area (TPSA) is 72.2 Å². The highest BCUT2D eigenvalue weighted by Gasteiger charge is 2.09. The number of hydrogen-bond donors (Lipinski definition) is 1. The van der Waals surface area contributed by atoms with Crippen molar-refractivity contribution in [2.45, 2.75) is 0 Å². The molecule has 0 saturated heterocycles. The van der Waals surface area contributed by atoms with Gasteiger partial charge in [-0.15, -0.1) is 0 Å². The zero-order valence-corrected chi connectivity index (χ0v) is 10.7. The standard InChI is InChI=1S/C13H14N4O2/c1-16(2)12-6-5-11(8-14-12)15-13(18)10-4-3-7-17(19)9-10/h3-9H,1-2H3,(H,15,18). The van der Waals surface area contributed by atoms with E-state index in [1.807, 2.05) is 19.0 Å². The number of nitrogens with one attached hydrogen (secondary N) is 1. The first-order valence-electron chi connectivity index (χ1n) is 5.70. The van der Waals surface area contributed by atoms with Crippen molar-refractivity contribution in [2.75, 3.05) is 24.3 Å². The smallest absolute Gasteiger partial charge is 0.261 e. The van der Waals surface area contributed by atoms with Crippen LogP contribution in [0.3, 0.4) is 0 Å². The molecule has 0 aromatic carbocycles. The van der Waals surface area contributed by atoms with Gasteiger partial charge in [-0.3, -0.25) is 4.79 Å². The summed E-state index contributed by atoms with van der Waals surface area (Å²) >= 11 is 0. The number of rotatable bonds is 3. The van der Waals surface area contributed by atoms with Gasteiger partial charge in [0.1, 0.15) is 11.4 Å². The Balaban J connectivity index is 2.10. The molecule has 2 aromatic heterocycles. The number of pyridine rings is 2. The predicted molar refractivity (Wildman–Crippen MR) is 71.9 cm³/mol. The SMILES string of the molecule is CN(C)c1ccc(NC(=O)c2ccc[n+]([O-])c2)cn1. The second kappa shape index (κ2) is 5.34. The number of amides is 1. The van der Waals surface area contributed by atoms with E-state index < -0.39 is 0 Å². The van der Waals surface area contributed by atoms with Crippen LogP contribution in [0, 0.1) is 5.21 Å². The Morgan fingerprint density at radius 2 is 2.16 bits per heavy atom. The summed E-state index contributed by atoms with van der Waals surface area (Å²) in [7, 11) is 3.77. The van der Waals surface area contributed by atoms with E-state index in [0.717, 1.165) is 5.82 Å². The molecule has 1 N–H and O–H groups in total. The lowest BCUT2D eigenvalue weighted by molar-refractivity contribution is -0.605. The lowest BCUT2D eigenvalue weighted by Crippen LogP contribution is -2.27. The van der Waals surface area contributed by atoms with E-state index in [2.05, 4.69) is 10.3 Å². The van der Waals surface area contributed by atoms with Gasteiger partial charge in [-0.25, -0.2) is 4.98 Å². The van der Waals surface area contributed by atoms with E-state index in [9.17, 15) is 10.0 Å². The van der Waals surface area contributed by atoms with Crippen molar-refractivity contribution in [1.29, 1.82) is 0 Å². The summed E-state index contributed by atoms with van der Waals surface area (Å²) < 4.78 is 0.586. The maximum atomic E-state index is 11.9. The summed E-state index contributed by atoms with van der Waals surface area (Å²) in [4.78, 5) is 17.9. The number of anilines is 2. The molecule has 0 spiro atoms. The predicted octanol–water partition coefficient (Wildman–Crippen LogP) is 1.03. The molecule has 0 aliphatic rings. The summed E-state index contributed by atoms with van der Waals surface area (Å²) in [5, 5.41) is 13.8. The van der Waals surface area contributed by atoms with Crippen LogP contribution in [0.25, 0.3) is 0 Å². The summed E-state index contributed by atoms with van der Waals surface area (Å²) in [6.45, 7) is 0. The molecule has 0 radical (unpaired) electrons. The van der Waals surface area contributed by atoms with E-state index >= 15 is 0 Å². The van der Waals surface area contributed by atoms with Crippen LogP contribution in [-0.4, -0.2) is 25.0 Å². The van der Waals surface area contributed by atoms with E-state index in [0.29, 0.717) is 16.0 Å². The Morgan fingerprint density at radius 1 is 1.37 bits per heavy atom. The Kier molecular flexibility index (Phi) is 3.61. The summed E-state index contributed by atoms with van der Waals surface area (Å²) in [6.07, 6.45) is 4.11. The lowest BCUT2D eigenvalue weighted by atomic mass is 10.2. The quantitative estimate of drug-likeness (QED) is 0.659. The molecular formula is C13H14N4O2. The summed E-state index contributed by atoms with van der Waals surface area (Å²) in [5.74, 6) is 0.458. The molecule has 0 atom stereocenters. The fourth-order valence-corrected chi connectivity index (χ4v) is 1.52. The lowest BCUT2D eigenvalue weighted by Gasteiger charge is -2.11. The van der Waals surface area contributed by atoms with Crippen LogP contribution in [0.2, 0.25) is 0 Å². The highest BCUT2D eigenvalue weighted by molar-refractivity contribution is 6.03. The highest BCUT2D eigenvalue weighted by Crippen LogP contribution is 2.12. The van der Waals surface area contributed by atoms with Crippen molar-refractivity contribution in [3.63, 3.8) is 0 Å². The van der Waals surface area contributed by atoms with E-state index in [-0.39, 0.29) is 5.91 Å².